The van der Waals surface area contributed by atoms with Gasteiger partial charge in [0.05, 0.1) is 22.0 Å². The van der Waals surface area contributed by atoms with E-state index in [2.05, 4.69) is 10.4 Å². The van der Waals surface area contributed by atoms with E-state index in [-0.39, 0.29) is 0 Å². The van der Waals surface area contributed by atoms with Crippen LogP contribution in [0.3, 0.4) is 0 Å². The van der Waals surface area contributed by atoms with Crippen LogP contribution in [-0.2, 0) is 12.6 Å². The molecule has 1 aromatic heterocycles. The third-order valence-electron chi connectivity index (χ3n) is 4.25. The summed E-state index contributed by atoms with van der Waals surface area (Å²) in [5, 5.41) is 8.71. The maximum Gasteiger partial charge on any atom is 0.416 e. The Balaban J connectivity index is 1.89. The number of hydrogen-bond donors (Lipinski definition) is 1. The van der Waals surface area contributed by atoms with Gasteiger partial charge in [0.1, 0.15) is 5.82 Å². The quantitative estimate of drug-likeness (QED) is 0.589. The van der Waals surface area contributed by atoms with Crippen LogP contribution >= 0.6 is 23.2 Å². The summed E-state index contributed by atoms with van der Waals surface area (Å²) in [7, 11) is 0. The molecule has 2 heterocycles. The SMILES string of the molecule is FC(F)(F)c1cccc(-c2nn(-c3cc(Cl)ccc3Cl)c3c2CCN3)c1. The van der Waals surface area contributed by atoms with E-state index in [1.54, 1.807) is 28.9 Å². The Morgan fingerprint density at radius 2 is 1.88 bits per heavy atom. The minimum absolute atomic E-state index is 0.414. The van der Waals surface area contributed by atoms with E-state index in [1.165, 1.54) is 6.07 Å². The molecule has 1 N–H and O–H groups in total. The van der Waals surface area contributed by atoms with Gasteiger partial charge in [0.2, 0.25) is 0 Å². The molecule has 0 atom stereocenters. The summed E-state index contributed by atoms with van der Waals surface area (Å²) in [5.41, 5.74) is 1.65. The predicted octanol–water partition coefficient (Wildman–Crippen LogP) is 5.83. The monoisotopic (exact) mass is 397 g/mol. The summed E-state index contributed by atoms with van der Waals surface area (Å²) in [6, 6.07) is 10.2. The fraction of sp³-hybridized carbons (Fsp3) is 0.167. The summed E-state index contributed by atoms with van der Waals surface area (Å²) in [6.45, 7) is 0.678. The molecular weight excluding hydrogens is 386 g/mol. The first-order valence-electron chi connectivity index (χ1n) is 7.83. The average Bonchev–Trinajstić information content (AvgIpc) is 3.19. The Kier molecular flexibility index (Phi) is 4.12. The Morgan fingerprint density at radius 3 is 2.65 bits per heavy atom. The van der Waals surface area contributed by atoms with Crippen molar-refractivity contribution in [3.8, 4) is 16.9 Å². The summed E-state index contributed by atoms with van der Waals surface area (Å²) in [6.07, 6.45) is -3.74. The first kappa shape index (κ1) is 17.2. The molecule has 8 heteroatoms. The number of nitrogens with zero attached hydrogens (tertiary/aromatic N) is 2. The second kappa shape index (κ2) is 6.21. The number of anilines is 1. The highest BCUT2D eigenvalue weighted by molar-refractivity contribution is 6.34. The van der Waals surface area contributed by atoms with E-state index < -0.39 is 11.7 Å². The molecule has 0 spiro atoms. The third kappa shape index (κ3) is 2.93. The van der Waals surface area contributed by atoms with Gasteiger partial charge >= 0.3 is 6.18 Å². The van der Waals surface area contributed by atoms with E-state index >= 15 is 0 Å². The van der Waals surface area contributed by atoms with Gasteiger partial charge in [-0.25, -0.2) is 4.68 Å². The normalized spacial score (nSPS) is 13.6. The standard InChI is InChI=1S/C18H12Cl2F3N3/c19-12-4-5-14(20)15(9-12)26-17-13(6-7-24-17)16(25-26)10-2-1-3-11(8-10)18(21,22)23/h1-5,8-9,24H,6-7H2. The largest absolute Gasteiger partial charge is 0.416 e. The molecule has 0 amide bonds. The van der Waals surface area contributed by atoms with Crippen LogP contribution in [0.5, 0.6) is 0 Å². The van der Waals surface area contributed by atoms with Crippen molar-refractivity contribution in [2.24, 2.45) is 0 Å². The van der Waals surface area contributed by atoms with E-state index in [4.69, 9.17) is 23.2 Å². The third-order valence-corrected chi connectivity index (χ3v) is 4.81. The van der Waals surface area contributed by atoms with Gasteiger partial charge in [0, 0.05) is 22.7 Å². The number of aromatic nitrogens is 2. The molecular formula is C18H12Cl2F3N3. The van der Waals surface area contributed by atoms with Gasteiger partial charge in [-0.05, 0) is 36.8 Å². The van der Waals surface area contributed by atoms with Crippen molar-refractivity contribution in [2.75, 3.05) is 11.9 Å². The van der Waals surface area contributed by atoms with Crippen LogP contribution in [0.25, 0.3) is 16.9 Å². The van der Waals surface area contributed by atoms with Gasteiger partial charge in [0.25, 0.3) is 0 Å². The van der Waals surface area contributed by atoms with Crippen molar-refractivity contribution >= 4 is 29.0 Å². The number of nitrogens with one attached hydrogen (secondary N) is 1. The highest BCUT2D eigenvalue weighted by atomic mass is 35.5. The van der Waals surface area contributed by atoms with Crippen LogP contribution in [0.4, 0.5) is 19.0 Å². The van der Waals surface area contributed by atoms with Crippen molar-refractivity contribution in [1.29, 1.82) is 0 Å². The zero-order valence-corrected chi connectivity index (χ0v) is 14.8. The lowest BCUT2D eigenvalue weighted by molar-refractivity contribution is -0.137. The van der Waals surface area contributed by atoms with Crippen LogP contribution in [0.2, 0.25) is 10.0 Å². The first-order chi connectivity index (χ1) is 12.3. The van der Waals surface area contributed by atoms with Crippen molar-refractivity contribution in [2.45, 2.75) is 12.6 Å². The number of alkyl halides is 3. The number of hydrogen-bond acceptors (Lipinski definition) is 2. The summed E-state index contributed by atoms with van der Waals surface area (Å²) in [5.74, 6) is 0.724. The van der Waals surface area contributed by atoms with Crippen LogP contribution in [0.1, 0.15) is 11.1 Å². The summed E-state index contributed by atoms with van der Waals surface area (Å²) in [4.78, 5) is 0. The lowest BCUT2D eigenvalue weighted by Crippen LogP contribution is -2.06. The molecule has 1 aliphatic heterocycles. The van der Waals surface area contributed by atoms with E-state index in [0.29, 0.717) is 40.0 Å². The van der Waals surface area contributed by atoms with E-state index in [1.807, 2.05) is 0 Å². The zero-order valence-electron chi connectivity index (χ0n) is 13.2. The number of halogens is 5. The maximum atomic E-state index is 13.1. The second-order valence-corrected chi connectivity index (χ2v) is 6.78. The molecule has 134 valence electrons. The molecule has 0 fully saturated rings. The van der Waals surface area contributed by atoms with E-state index in [9.17, 15) is 13.2 Å². The molecule has 0 bridgehead atoms. The molecule has 2 aromatic carbocycles. The lowest BCUT2D eigenvalue weighted by atomic mass is 10.0. The molecule has 0 radical (unpaired) electrons. The second-order valence-electron chi connectivity index (χ2n) is 5.94. The van der Waals surface area contributed by atoms with Crippen molar-refractivity contribution in [3.05, 3.63) is 63.6 Å². The van der Waals surface area contributed by atoms with Crippen LogP contribution in [0, 0.1) is 0 Å². The maximum absolute atomic E-state index is 13.1. The highest BCUT2D eigenvalue weighted by Crippen LogP contribution is 2.38. The molecule has 3 aromatic rings. The summed E-state index contributed by atoms with van der Waals surface area (Å²) >= 11 is 12.3. The Bertz CT molecular complexity index is 996. The Labute approximate surface area is 157 Å². The fourth-order valence-corrected chi connectivity index (χ4v) is 3.44. The van der Waals surface area contributed by atoms with Gasteiger partial charge in [0.15, 0.2) is 0 Å². The smallest absolute Gasteiger partial charge is 0.369 e. The lowest BCUT2D eigenvalue weighted by Gasteiger charge is -2.09. The number of fused-ring (bicyclic) bond motifs is 1. The predicted molar refractivity (Wildman–Crippen MR) is 96.2 cm³/mol. The molecule has 1 aliphatic rings. The molecule has 0 saturated heterocycles. The summed E-state index contributed by atoms with van der Waals surface area (Å²) < 4.78 is 40.8. The fourth-order valence-electron chi connectivity index (χ4n) is 3.07. The van der Waals surface area contributed by atoms with Gasteiger partial charge < -0.3 is 5.32 Å². The van der Waals surface area contributed by atoms with Crippen molar-refractivity contribution in [1.82, 2.24) is 9.78 Å². The van der Waals surface area contributed by atoms with Crippen molar-refractivity contribution in [3.63, 3.8) is 0 Å². The molecule has 0 saturated carbocycles. The van der Waals surface area contributed by atoms with Gasteiger partial charge in [-0.3, -0.25) is 0 Å². The Morgan fingerprint density at radius 1 is 1.08 bits per heavy atom. The molecule has 26 heavy (non-hydrogen) atoms. The number of benzene rings is 2. The molecule has 4 rings (SSSR count). The number of rotatable bonds is 2. The van der Waals surface area contributed by atoms with Gasteiger partial charge in [-0.15, -0.1) is 0 Å². The van der Waals surface area contributed by atoms with E-state index in [0.717, 1.165) is 23.5 Å². The molecule has 3 nitrogen and oxygen atoms in total. The minimum Gasteiger partial charge on any atom is -0.369 e. The zero-order chi connectivity index (χ0) is 18.5. The van der Waals surface area contributed by atoms with Gasteiger partial charge in [-0.2, -0.15) is 18.3 Å². The molecule has 0 unspecified atom stereocenters. The van der Waals surface area contributed by atoms with Crippen LogP contribution in [0.15, 0.2) is 42.5 Å². The topological polar surface area (TPSA) is 29.9 Å². The average molecular weight is 398 g/mol. The highest BCUT2D eigenvalue weighted by Gasteiger charge is 2.31. The molecule has 0 aliphatic carbocycles. The first-order valence-corrected chi connectivity index (χ1v) is 8.59. The minimum atomic E-state index is -4.41. The van der Waals surface area contributed by atoms with Crippen LogP contribution < -0.4 is 5.32 Å². The van der Waals surface area contributed by atoms with Crippen molar-refractivity contribution < 1.29 is 13.2 Å². The van der Waals surface area contributed by atoms with Gasteiger partial charge in [-0.1, -0.05) is 35.3 Å². The van der Waals surface area contributed by atoms with Crippen LogP contribution in [-0.4, -0.2) is 16.3 Å². The Hall–Kier alpha value is -2.18.